The van der Waals surface area contributed by atoms with E-state index in [1.165, 1.54) is 19.3 Å². The third kappa shape index (κ3) is 4.86. The molecular formula is C12H22N2O. The smallest absolute Gasteiger partial charge is 0.315 e. The SMILES string of the molecule is C=CCC(C)NC(=O)NC1CCCCC1. The quantitative estimate of drug-likeness (QED) is 0.688. The van der Waals surface area contributed by atoms with Crippen molar-refractivity contribution in [1.29, 1.82) is 0 Å². The van der Waals surface area contributed by atoms with Gasteiger partial charge in [-0.25, -0.2) is 4.79 Å². The van der Waals surface area contributed by atoms with E-state index in [0.717, 1.165) is 19.3 Å². The number of nitrogens with one attached hydrogen (secondary N) is 2. The van der Waals surface area contributed by atoms with Crippen LogP contribution >= 0.6 is 0 Å². The zero-order valence-corrected chi connectivity index (χ0v) is 9.59. The molecule has 0 heterocycles. The molecule has 1 fully saturated rings. The van der Waals surface area contributed by atoms with E-state index >= 15 is 0 Å². The Labute approximate surface area is 92.3 Å². The lowest BCUT2D eigenvalue weighted by atomic mass is 9.96. The molecule has 2 amide bonds. The summed E-state index contributed by atoms with van der Waals surface area (Å²) in [6.45, 7) is 5.64. The van der Waals surface area contributed by atoms with E-state index in [0.29, 0.717) is 6.04 Å². The van der Waals surface area contributed by atoms with Gasteiger partial charge in [0.25, 0.3) is 0 Å². The molecule has 1 aliphatic rings. The molecule has 0 aromatic heterocycles. The molecule has 0 aromatic rings. The Morgan fingerprint density at radius 3 is 2.73 bits per heavy atom. The zero-order chi connectivity index (χ0) is 11.1. The second kappa shape index (κ2) is 6.49. The van der Waals surface area contributed by atoms with Gasteiger partial charge in [-0.05, 0) is 26.2 Å². The van der Waals surface area contributed by atoms with Crippen LogP contribution in [-0.2, 0) is 0 Å². The van der Waals surface area contributed by atoms with Crippen molar-refractivity contribution in [3.63, 3.8) is 0 Å². The van der Waals surface area contributed by atoms with Crippen LogP contribution in [-0.4, -0.2) is 18.1 Å². The normalized spacial score (nSPS) is 19.3. The number of urea groups is 1. The van der Waals surface area contributed by atoms with Crippen LogP contribution in [0.25, 0.3) is 0 Å². The summed E-state index contributed by atoms with van der Waals surface area (Å²) in [5.41, 5.74) is 0. The topological polar surface area (TPSA) is 41.1 Å². The van der Waals surface area contributed by atoms with Gasteiger partial charge in [-0.3, -0.25) is 0 Å². The summed E-state index contributed by atoms with van der Waals surface area (Å²) in [5, 5.41) is 5.93. The standard InChI is InChI=1S/C12H22N2O/c1-3-7-10(2)13-12(15)14-11-8-5-4-6-9-11/h3,10-11H,1,4-9H2,2H3,(H2,13,14,15). The molecule has 15 heavy (non-hydrogen) atoms. The molecule has 1 rings (SSSR count). The number of amides is 2. The summed E-state index contributed by atoms with van der Waals surface area (Å²) in [6, 6.07) is 0.525. The van der Waals surface area contributed by atoms with E-state index in [2.05, 4.69) is 17.2 Å². The van der Waals surface area contributed by atoms with Gasteiger partial charge < -0.3 is 10.6 Å². The van der Waals surface area contributed by atoms with E-state index < -0.39 is 0 Å². The highest BCUT2D eigenvalue weighted by Gasteiger charge is 2.15. The van der Waals surface area contributed by atoms with Gasteiger partial charge >= 0.3 is 6.03 Å². The summed E-state index contributed by atoms with van der Waals surface area (Å²) in [5.74, 6) is 0. The highest BCUT2D eigenvalue weighted by atomic mass is 16.2. The molecule has 0 saturated heterocycles. The molecule has 0 radical (unpaired) electrons. The van der Waals surface area contributed by atoms with E-state index in [1.54, 1.807) is 0 Å². The lowest BCUT2D eigenvalue weighted by molar-refractivity contribution is 0.229. The highest BCUT2D eigenvalue weighted by Crippen LogP contribution is 2.17. The predicted octanol–water partition coefficient (Wildman–Crippen LogP) is 2.58. The molecule has 3 nitrogen and oxygen atoms in total. The summed E-state index contributed by atoms with van der Waals surface area (Å²) in [6.07, 6.45) is 8.70. The Morgan fingerprint density at radius 2 is 2.13 bits per heavy atom. The third-order valence-electron chi connectivity index (χ3n) is 2.84. The van der Waals surface area contributed by atoms with Gasteiger partial charge in [0.2, 0.25) is 0 Å². The second-order valence-corrected chi connectivity index (χ2v) is 4.38. The van der Waals surface area contributed by atoms with Crippen molar-refractivity contribution in [3.05, 3.63) is 12.7 Å². The Hall–Kier alpha value is -0.990. The molecule has 1 aliphatic carbocycles. The zero-order valence-electron chi connectivity index (χ0n) is 9.59. The van der Waals surface area contributed by atoms with Crippen molar-refractivity contribution in [3.8, 4) is 0 Å². The lowest BCUT2D eigenvalue weighted by Gasteiger charge is -2.23. The van der Waals surface area contributed by atoms with Crippen LogP contribution in [0.3, 0.4) is 0 Å². The van der Waals surface area contributed by atoms with Gasteiger partial charge in [-0.15, -0.1) is 6.58 Å². The molecule has 0 spiro atoms. The first kappa shape index (κ1) is 12.1. The van der Waals surface area contributed by atoms with Crippen LogP contribution in [0, 0.1) is 0 Å². The van der Waals surface area contributed by atoms with Gasteiger partial charge in [0, 0.05) is 12.1 Å². The Balaban J connectivity index is 2.19. The van der Waals surface area contributed by atoms with Crippen molar-refractivity contribution in [2.75, 3.05) is 0 Å². The van der Waals surface area contributed by atoms with Crippen molar-refractivity contribution in [2.24, 2.45) is 0 Å². The monoisotopic (exact) mass is 210 g/mol. The highest BCUT2D eigenvalue weighted by molar-refractivity contribution is 5.74. The average Bonchev–Trinajstić information content (AvgIpc) is 2.19. The Morgan fingerprint density at radius 1 is 1.47 bits per heavy atom. The summed E-state index contributed by atoms with van der Waals surface area (Å²) < 4.78 is 0. The molecule has 1 atom stereocenters. The van der Waals surface area contributed by atoms with Crippen LogP contribution in [0.4, 0.5) is 4.79 Å². The van der Waals surface area contributed by atoms with Crippen molar-refractivity contribution < 1.29 is 4.79 Å². The number of carbonyl (C=O) groups is 1. The minimum Gasteiger partial charge on any atom is -0.335 e. The molecule has 0 aliphatic heterocycles. The molecule has 2 N–H and O–H groups in total. The maximum Gasteiger partial charge on any atom is 0.315 e. The summed E-state index contributed by atoms with van der Waals surface area (Å²) >= 11 is 0. The molecule has 1 unspecified atom stereocenters. The van der Waals surface area contributed by atoms with Gasteiger partial charge in [0.1, 0.15) is 0 Å². The largest absolute Gasteiger partial charge is 0.335 e. The fraction of sp³-hybridized carbons (Fsp3) is 0.750. The van der Waals surface area contributed by atoms with Crippen LogP contribution in [0.5, 0.6) is 0 Å². The fourth-order valence-corrected chi connectivity index (χ4v) is 2.01. The second-order valence-electron chi connectivity index (χ2n) is 4.38. The maximum absolute atomic E-state index is 11.5. The average molecular weight is 210 g/mol. The molecule has 0 aromatic carbocycles. The summed E-state index contributed by atoms with van der Waals surface area (Å²) in [4.78, 5) is 11.5. The molecular weight excluding hydrogens is 188 g/mol. The number of carbonyl (C=O) groups excluding carboxylic acids is 1. The number of rotatable bonds is 4. The van der Waals surface area contributed by atoms with Crippen LogP contribution in [0.2, 0.25) is 0 Å². The van der Waals surface area contributed by atoms with Crippen LogP contribution in [0.15, 0.2) is 12.7 Å². The first-order valence-corrected chi connectivity index (χ1v) is 5.90. The third-order valence-corrected chi connectivity index (χ3v) is 2.84. The first-order chi connectivity index (χ1) is 7.22. The van der Waals surface area contributed by atoms with Crippen molar-refractivity contribution >= 4 is 6.03 Å². The predicted molar refractivity (Wildman–Crippen MR) is 62.8 cm³/mol. The fourth-order valence-electron chi connectivity index (χ4n) is 2.01. The molecule has 0 bridgehead atoms. The van der Waals surface area contributed by atoms with Crippen LogP contribution in [0.1, 0.15) is 45.4 Å². The lowest BCUT2D eigenvalue weighted by Crippen LogP contribution is -2.45. The maximum atomic E-state index is 11.5. The van der Waals surface area contributed by atoms with Gasteiger partial charge in [-0.1, -0.05) is 25.3 Å². The summed E-state index contributed by atoms with van der Waals surface area (Å²) in [7, 11) is 0. The van der Waals surface area contributed by atoms with Gasteiger partial charge in [0.05, 0.1) is 0 Å². The van der Waals surface area contributed by atoms with Gasteiger partial charge in [0.15, 0.2) is 0 Å². The van der Waals surface area contributed by atoms with E-state index in [9.17, 15) is 4.79 Å². The van der Waals surface area contributed by atoms with E-state index in [4.69, 9.17) is 0 Å². The van der Waals surface area contributed by atoms with Gasteiger partial charge in [-0.2, -0.15) is 0 Å². The van der Waals surface area contributed by atoms with E-state index in [-0.39, 0.29) is 12.1 Å². The van der Waals surface area contributed by atoms with Crippen molar-refractivity contribution in [2.45, 2.75) is 57.5 Å². The minimum absolute atomic E-state index is 0.0312. The molecule has 1 saturated carbocycles. The minimum atomic E-state index is -0.0312. The Bertz CT molecular complexity index is 210. The Kier molecular flexibility index (Phi) is 5.22. The number of hydrogen-bond acceptors (Lipinski definition) is 1. The first-order valence-electron chi connectivity index (χ1n) is 5.90. The van der Waals surface area contributed by atoms with Crippen LogP contribution < -0.4 is 10.6 Å². The number of hydrogen-bond donors (Lipinski definition) is 2. The van der Waals surface area contributed by atoms with E-state index in [1.807, 2.05) is 13.0 Å². The molecule has 86 valence electrons. The van der Waals surface area contributed by atoms with Crippen molar-refractivity contribution in [1.82, 2.24) is 10.6 Å². The molecule has 3 heteroatoms.